The maximum absolute atomic E-state index is 13.1. The number of benzene rings is 3. The molecule has 1 fully saturated rings. The van der Waals surface area contributed by atoms with Crippen LogP contribution in [-0.4, -0.2) is 37.0 Å². The lowest BCUT2D eigenvalue weighted by Crippen LogP contribution is -2.27. The van der Waals surface area contributed by atoms with Crippen LogP contribution in [0.1, 0.15) is 25.0 Å². The Kier molecular flexibility index (Phi) is 9.90. The van der Waals surface area contributed by atoms with Gasteiger partial charge >= 0.3 is 10.1 Å². The predicted molar refractivity (Wildman–Crippen MR) is 167 cm³/mol. The Morgan fingerprint density at radius 3 is 2.44 bits per heavy atom. The van der Waals surface area contributed by atoms with E-state index in [0.29, 0.717) is 30.4 Å². The van der Waals surface area contributed by atoms with E-state index in [2.05, 4.69) is 5.32 Å². The van der Waals surface area contributed by atoms with E-state index >= 15 is 0 Å². The second-order valence-electron chi connectivity index (χ2n) is 8.51. The summed E-state index contributed by atoms with van der Waals surface area (Å²) in [6, 6.07) is 13.5. The maximum atomic E-state index is 13.1. The molecular formula is C27H21Cl2IN2O7S2. The van der Waals surface area contributed by atoms with Gasteiger partial charge in [-0.15, -0.1) is 0 Å². The van der Waals surface area contributed by atoms with Crippen molar-refractivity contribution in [2.45, 2.75) is 25.3 Å². The van der Waals surface area contributed by atoms with E-state index in [4.69, 9.17) is 32.1 Å². The molecule has 4 rings (SSSR count). The van der Waals surface area contributed by atoms with Crippen LogP contribution in [0.15, 0.2) is 64.4 Å². The van der Waals surface area contributed by atoms with Gasteiger partial charge in [-0.2, -0.15) is 8.42 Å². The first-order valence-corrected chi connectivity index (χ1v) is 15.9. The Hall–Kier alpha value is -2.78. The molecule has 0 atom stereocenters. The molecular weight excluding hydrogens is 726 g/mol. The fourth-order valence-electron chi connectivity index (χ4n) is 3.69. The van der Waals surface area contributed by atoms with Crippen molar-refractivity contribution in [3.63, 3.8) is 0 Å². The minimum absolute atomic E-state index is 0.0177. The van der Waals surface area contributed by atoms with E-state index < -0.39 is 21.3 Å². The topological polar surface area (TPSA) is 119 Å². The smallest absolute Gasteiger partial charge is 0.339 e. The molecule has 0 aliphatic carbocycles. The second kappa shape index (κ2) is 13.0. The van der Waals surface area contributed by atoms with Gasteiger partial charge in [0.15, 0.2) is 11.5 Å². The van der Waals surface area contributed by atoms with Gasteiger partial charge in [-0.25, -0.2) is 0 Å². The van der Waals surface area contributed by atoms with Crippen molar-refractivity contribution in [3.05, 3.63) is 84.2 Å². The largest absolute Gasteiger partial charge is 0.490 e. The van der Waals surface area contributed by atoms with Crippen LogP contribution in [0, 0.1) is 3.57 Å². The van der Waals surface area contributed by atoms with Gasteiger partial charge in [0.25, 0.3) is 11.1 Å². The fourth-order valence-corrected chi connectivity index (χ4v) is 6.84. The molecule has 3 aromatic rings. The zero-order chi connectivity index (χ0) is 29.9. The molecule has 0 radical (unpaired) electrons. The fraction of sp³-hybridized carbons (Fsp3) is 0.148. The van der Waals surface area contributed by atoms with Gasteiger partial charge in [-0.05, 0) is 107 Å². The molecule has 1 saturated heterocycles. The van der Waals surface area contributed by atoms with Crippen LogP contribution in [0.4, 0.5) is 10.5 Å². The van der Waals surface area contributed by atoms with Gasteiger partial charge in [-0.1, -0.05) is 29.3 Å². The quantitative estimate of drug-likeness (QED) is 0.142. The minimum Gasteiger partial charge on any atom is -0.490 e. The summed E-state index contributed by atoms with van der Waals surface area (Å²) in [4.78, 5) is 38.1. The third-order valence-corrected chi connectivity index (χ3v) is 9.03. The highest BCUT2D eigenvalue weighted by molar-refractivity contribution is 14.1. The lowest BCUT2D eigenvalue weighted by atomic mass is 10.1. The van der Waals surface area contributed by atoms with E-state index in [1.807, 2.05) is 22.6 Å². The number of hydrogen-bond donors (Lipinski definition) is 1. The van der Waals surface area contributed by atoms with Crippen LogP contribution in [0.3, 0.4) is 0 Å². The van der Waals surface area contributed by atoms with Crippen LogP contribution in [0.5, 0.6) is 11.5 Å². The van der Waals surface area contributed by atoms with Gasteiger partial charge < -0.3 is 14.2 Å². The van der Waals surface area contributed by atoms with Crippen molar-refractivity contribution >= 4 is 96.5 Å². The number of thioether (sulfide) groups is 1. The van der Waals surface area contributed by atoms with Gasteiger partial charge in [0.1, 0.15) is 4.90 Å². The number of nitrogens with one attached hydrogen (secondary N) is 1. The first-order valence-electron chi connectivity index (χ1n) is 11.9. The van der Waals surface area contributed by atoms with Gasteiger partial charge in [0.05, 0.1) is 21.6 Å². The Morgan fingerprint density at radius 1 is 1.10 bits per heavy atom. The zero-order valence-electron chi connectivity index (χ0n) is 21.4. The summed E-state index contributed by atoms with van der Waals surface area (Å²) in [5.74, 6) is -0.676. The van der Waals surface area contributed by atoms with Crippen molar-refractivity contribution in [2.24, 2.45) is 0 Å². The Balaban J connectivity index is 1.59. The molecule has 3 aromatic carbocycles. The van der Waals surface area contributed by atoms with E-state index in [0.717, 1.165) is 16.7 Å². The summed E-state index contributed by atoms with van der Waals surface area (Å²) in [5.41, 5.74) is 1.50. The van der Waals surface area contributed by atoms with Crippen molar-refractivity contribution in [1.82, 2.24) is 4.90 Å². The molecule has 1 heterocycles. The highest BCUT2D eigenvalue weighted by Crippen LogP contribution is 2.39. The lowest BCUT2D eigenvalue weighted by Gasteiger charge is -2.15. The van der Waals surface area contributed by atoms with Gasteiger partial charge in [0.2, 0.25) is 5.91 Å². The molecule has 1 N–H and O–H groups in total. The number of nitrogens with zero attached hydrogens (tertiary/aromatic N) is 1. The molecule has 1 aliphatic heterocycles. The molecule has 3 amide bonds. The number of imide groups is 1. The van der Waals surface area contributed by atoms with Crippen molar-refractivity contribution in [1.29, 1.82) is 0 Å². The highest BCUT2D eigenvalue weighted by atomic mass is 127. The summed E-state index contributed by atoms with van der Waals surface area (Å²) in [6.45, 7) is 3.26. The normalized spacial score (nSPS) is 14.5. The van der Waals surface area contributed by atoms with Crippen molar-refractivity contribution < 1.29 is 31.7 Å². The predicted octanol–water partition coefficient (Wildman–Crippen LogP) is 6.96. The molecule has 9 nitrogen and oxygen atoms in total. The number of amides is 3. The zero-order valence-corrected chi connectivity index (χ0v) is 26.7. The monoisotopic (exact) mass is 746 g/mol. The Morgan fingerprint density at radius 2 is 1.80 bits per heavy atom. The lowest BCUT2D eigenvalue weighted by molar-refractivity contribution is -0.123. The second-order valence-corrected chi connectivity index (χ2v) is 13.1. The number of rotatable bonds is 9. The molecule has 1 aliphatic rings. The van der Waals surface area contributed by atoms with Crippen LogP contribution in [0.2, 0.25) is 10.0 Å². The van der Waals surface area contributed by atoms with Gasteiger partial charge in [0, 0.05) is 22.7 Å². The van der Waals surface area contributed by atoms with E-state index in [9.17, 15) is 22.8 Å². The highest BCUT2D eigenvalue weighted by Gasteiger charge is 2.35. The van der Waals surface area contributed by atoms with Gasteiger partial charge in [-0.3, -0.25) is 19.3 Å². The average molecular weight is 747 g/mol. The number of carbonyl (C=O) groups excluding carboxylic acids is 3. The molecule has 0 bridgehead atoms. The van der Waals surface area contributed by atoms with Crippen LogP contribution in [0.25, 0.3) is 6.08 Å². The summed E-state index contributed by atoms with van der Waals surface area (Å²) in [6.07, 6.45) is 1.53. The molecule has 14 heteroatoms. The number of ether oxygens (including phenoxy) is 1. The van der Waals surface area contributed by atoms with Crippen LogP contribution < -0.4 is 14.2 Å². The molecule has 0 saturated carbocycles. The van der Waals surface area contributed by atoms with E-state index in [1.54, 1.807) is 25.1 Å². The van der Waals surface area contributed by atoms with Crippen LogP contribution >= 0.6 is 57.6 Å². The first kappa shape index (κ1) is 31.2. The summed E-state index contributed by atoms with van der Waals surface area (Å²) < 4.78 is 37.6. The first-order chi connectivity index (χ1) is 19.4. The third-order valence-electron chi connectivity index (χ3n) is 5.50. The van der Waals surface area contributed by atoms with Crippen molar-refractivity contribution in [3.8, 4) is 11.5 Å². The number of carbonyl (C=O) groups is 3. The molecule has 214 valence electrons. The number of halogens is 3. The minimum atomic E-state index is -4.26. The molecule has 0 aromatic heterocycles. The van der Waals surface area contributed by atoms with Crippen molar-refractivity contribution in [2.75, 3.05) is 11.9 Å². The maximum Gasteiger partial charge on any atom is 0.339 e. The van der Waals surface area contributed by atoms with Crippen LogP contribution in [-0.2, 0) is 26.3 Å². The average Bonchev–Trinajstić information content (AvgIpc) is 3.15. The number of hydrogen-bond acceptors (Lipinski definition) is 8. The third kappa shape index (κ3) is 7.55. The molecule has 41 heavy (non-hydrogen) atoms. The molecule has 0 unspecified atom stereocenters. The Labute approximate surface area is 264 Å². The van der Waals surface area contributed by atoms with E-state index in [1.165, 1.54) is 49.4 Å². The number of anilines is 1. The summed E-state index contributed by atoms with van der Waals surface area (Å²) >= 11 is 14.8. The SMILES string of the molecule is CCOc1cc(/C=C2\SC(=O)N(Cc3ccc(Cl)cc3Cl)C2=O)cc(I)c1OS(=O)(=O)c1ccc(NC(C)=O)cc1. The summed E-state index contributed by atoms with van der Waals surface area (Å²) in [5, 5.41) is 2.89. The molecule has 0 spiro atoms. The Bertz CT molecular complexity index is 1680. The standard InChI is InChI=1S/C27H21Cl2IN2O7S2/c1-3-38-23-11-16(12-24-26(34)32(27(35)40-24)14-17-4-5-18(28)13-21(17)29)10-22(30)25(23)39-41(36,37)20-8-6-19(7-9-20)31-15(2)33/h4-13H,3,14H2,1-2H3,(H,31,33)/b24-12-. The summed E-state index contributed by atoms with van der Waals surface area (Å²) in [7, 11) is -4.26. The van der Waals surface area contributed by atoms with E-state index in [-0.39, 0.29) is 40.4 Å².